The predicted octanol–water partition coefficient (Wildman–Crippen LogP) is 3.36. The molecule has 0 heterocycles. The van der Waals surface area contributed by atoms with Crippen LogP contribution in [0.5, 0.6) is 11.5 Å². The Hall–Kier alpha value is -3.16. The summed E-state index contributed by atoms with van der Waals surface area (Å²) in [6.45, 7) is 1.41. The molecule has 0 radical (unpaired) electrons. The number of carbonyl (C=O) groups excluding carboxylic acids is 2. The number of methoxy groups -OCH3 is 2. The van der Waals surface area contributed by atoms with Crippen LogP contribution >= 0.6 is 0 Å². The standard InChI is InChI=1S/C19H20F2N2O4/c1-12(24)23(17-7-5-14(26-2)11-18(17)27-3)9-8-19(25)22-16-6-4-13(20)10-15(16)21/h4-7,10-11H,8-9H2,1-3H3,(H,22,25). The zero-order chi connectivity index (χ0) is 20.0. The second-order valence-electron chi connectivity index (χ2n) is 5.63. The van der Waals surface area contributed by atoms with E-state index in [1.54, 1.807) is 18.2 Å². The third-order valence-electron chi connectivity index (χ3n) is 3.83. The van der Waals surface area contributed by atoms with E-state index >= 15 is 0 Å². The van der Waals surface area contributed by atoms with Crippen molar-refractivity contribution in [2.24, 2.45) is 0 Å². The monoisotopic (exact) mass is 378 g/mol. The van der Waals surface area contributed by atoms with Gasteiger partial charge in [-0.05, 0) is 24.3 Å². The number of ether oxygens (including phenoxy) is 2. The second kappa shape index (κ2) is 8.98. The van der Waals surface area contributed by atoms with Crippen molar-refractivity contribution in [3.63, 3.8) is 0 Å². The van der Waals surface area contributed by atoms with Crippen molar-refractivity contribution in [2.45, 2.75) is 13.3 Å². The molecule has 8 heteroatoms. The Morgan fingerprint density at radius 1 is 1.07 bits per heavy atom. The first-order valence-corrected chi connectivity index (χ1v) is 8.10. The van der Waals surface area contributed by atoms with Crippen molar-refractivity contribution >= 4 is 23.2 Å². The first-order valence-electron chi connectivity index (χ1n) is 8.10. The van der Waals surface area contributed by atoms with Gasteiger partial charge in [-0.25, -0.2) is 8.78 Å². The van der Waals surface area contributed by atoms with Crippen LogP contribution in [-0.2, 0) is 9.59 Å². The van der Waals surface area contributed by atoms with Crippen LogP contribution in [0.1, 0.15) is 13.3 Å². The van der Waals surface area contributed by atoms with Crippen LogP contribution in [0.25, 0.3) is 0 Å². The minimum atomic E-state index is -0.872. The van der Waals surface area contributed by atoms with Gasteiger partial charge in [0.2, 0.25) is 11.8 Å². The number of anilines is 2. The Labute approximate surface area is 155 Å². The van der Waals surface area contributed by atoms with E-state index in [1.165, 1.54) is 26.0 Å². The van der Waals surface area contributed by atoms with E-state index in [0.29, 0.717) is 23.3 Å². The number of nitrogens with one attached hydrogen (secondary N) is 1. The van der Waals surface area contributed by atoms with E-state index < -0.39 is 17.5 Å². The molecule has 2 rings (SSSR count). The molecule has 27 heavy (non-hydrogen) atoms. The molecule has 0 saturated heterocycles. The average molecular weight is 378 g/mol. The lowest BCUT2D eigenvalue weighted by Crippen LogP contribution is -2.32. The smallest absolute Gasteiger partial charge is 0.226 e. The van der Waals surface area contributed by atoms with E-state index in [1.807, 2.05) is 0 Å². The SMILES string of the molecule is COc1ccc(N(CCC(=O)Nc2ccc(F)cc2F)C(C)=O)c(OC)c1. The summed E-state index contributed by atoms with van der Waals surface area (Å²) in [5.74, 6) is -1.44. The highest BCUT2D eigenvalue weighted by molar-refractivity contribution is 5.96. The summed E-state index contributed by atoms with van der Waals surface area (Å²) in [5, 5.41) is 2.36. The summed E-state index contributed by atoms with van der Waals surface area (Å²) < 4.78 is 37.0. The molecule has 0 aliphatic carbocycles. The van der Waals surface area contributed by atoms with Crippen LogP contribution in [-0.4, -0.2) is 32.6 Å². The van der Waals surface area contributed by atoms with E-state index in [9.17, 15) is 18.4 Å². The van der Waals surface area contributed by atoms with Crippen molar-refractivity contribution in [1.29, 1.82) is 0 Å². The third kappa shape index (κ3) is 5.16. The maximum absolute atomic E-state index is 13.6. The highest BCUT2D eigenvalue weighted by atomic mass is 19.1. The van der Waals surface area contributed by atoms with Crippen molar-refractivity contribution < 1.29 is 27.8 Å². The van der Waals surface area contributed by atoms with E-state index in [4.69, 9.17) is 9.47 Å². The van der Waals surface area contributed by atoms with Crippen molar-refractivity contribution in [3.05, 3.63) is 48.0 Å². The van der Waals surface area contributed by atoms with Gasteiger partial charge >= 0.3 is 0 Å². The fourth-order valence-electron chi connectivity index (χ4n) is 2.47. The molecular weight excluding hydrogens is 358 g/mol. The zero-order valence-corrected chi connectivity index (χ0v) is 15.2. The molecule has 0 unspecified atom stereocenters. The zero-order valence-electron chi connectivity index (χ0n) is 15.2. The number of amides is 2. The predicted molar refractivity (Wildman–Crippen MR) is 97.2 cm³/mol. The summed E-state index contributed by atoms with van der Waals surface area (Å²) in [5.41, 5.74) is 0.351. The minimum absolute atomic E-state index is 0.0483. The van der Waals surface area contributed by atoms with Crippen LogP contribution in [0.4, 0.5) is 20.2 Å². The van der Waals surface area contributed by atoms with Crippen LogP contribution in [0.3, 0.4) is 0 Å². The summed E-state index contributed by atoms with van der Waals surface area (Å²) in [7, 11) is 2.97. The van der Waals surface area contributed by atoms with Crippen LogP contribution < -0.4 is 19.7 Å². The molecule has 0 spiro atoms. The van der Waals surface area contributed by atoms with E-state index in [2.05, 4.69) is 5.32 Å². The van der Waals surface area contributed by atoms with Gasteiger partial charge in [-0.3, -0.25) is 9.59 Å². The van der Waals surface area contributed by atoms with Crippen LogP contribution in [0.2, 0.25) is 0 Å². The lowest BCUT2D eigenvalue weighted by Gasteiger charge is -2.23. The molecule has 6 nitrogen and oxygen atoms in total. The molecule has 0 atom stereocenters. The van der Waals surface area contributed by atoms with Gasteiger partial charge in [0.1, 0.15) is 23.1 Å². The van der Waals surface area contributed by atoms with Gasteiger partial charge in [0.05, 0.1) is 25.6 Å². The van der Waals surface area contributed by atoms with Gasteiger partial charge in [-0.2, -0.15) is 0 Å². The van der Waals surface area contributed by atoms with Crippen LogP contribution in [0.15, 0.2) is 36.4 Å². The molecule has 2 amide bonds. The number of carbonyl (C=O) groups is 2. The lowest BCUT2D eigenvalue weighted by atomic mass is 10.2. The molecule has 0 saturated carbocycles. The Balaban J connectivity index is 2.10. The largest absolute Gasteiger partial charge is 0.497 e. The molecule has 0 fully saturated rings. The highest BCUT2D eigenvalue weighted by Crippen LogP contribution is 2.32. The summed E-state index contributed by atoms with van der Waals surface area (Å²) in [4.78, 5) is 25.5. The quantitative estimate of drug-likeness (QED) is 0.802. The van der Waals surface area contributed by atoms with Gasteiger partial charge in [0.25, 0.3) is 0 Å². The highest BCUT2D eigenvalue weighted by Gasteiger charge is 2.18. The maximum atomic E-state index is 13.6. The third-order valence-corrected chi connectivity index (χ3v) is 3.83. The maximum Gasteiger partial charge on any atom is 0.226 e. The topological polar surface area (TPSA) is 67.9 Å². The van der Waals surface area contributed by atoms with Gasteiger partial charge in [0.15, 0.2) is 0 Å². The molecule has 0 bridgehead atoms. The van der Waals surface area contributed by atoms with Crippen molar-refractivity contribution in [2.75, 3.05) is 31.0 Å². The van der Waals surface area contributed by atoms with Crippen molar-refractivity contribution in [1.82, 2.24) is 0 Å². The first kappa shape index (κ1) is 20.2. The average Bonchev–Trinajstić information content (AvgIpc) is 2.64. The number of hydrogen-bond donors (Lipinski definition) is 1. The van der Waals surface area contributed by atoms with E-state index in [-0.39, 0.29) is 24.6 Å². The van der Waals surface area contributed by atoms with Gasteiger partial charge in [-0.1, -0.05) is 0 Å². The summed E-state index contributed by atoms with van der Waals surface area (Å²) in [6, 6.07) is 7.80. The fraction of sp³-hybridized carbons (Fsp3) is 0.263. The minimum Gasteiger partial charge on any atom is -0.497 e. The molecule has 2 aromatic carbocycles. The Kier molecular flexibility index (Phi) is 6.70. The molecule has 0 aliphatic rings. The number of benzene rings is 2. The fourth-order valence-corrected chi connectivity index (χ4v) is 2.47. The molecular formula is C19H20F2N2O4. The normalized spacial score (nSPS) is 10.3. The molecule has 2 aromatic rings. The molecule has 1 N–H and O–H groups in total. The molecule has 0 aliphatic heterocycles. The number of rotatable bonds is 7. The van der Waals surface area contributed by atoms with Gasteiger partial charge < -0.3 is 19.7 Å². The number of nitrogens with zero attached hydrogens (tertiary/aromatic N) is 1. The van der Waals surface area contributed by atoms with Crippen molar-refractivity contribution in [3.8, 4) is 11.5 Å². The summed E-state index contributed by atoms with van der Waals surface area (Å²) in [6.07, 6.45) is -0.0917. The van der Waals surface area contributed by atoms with Crippen LogP contribution in [0, 0.1) is 11.6 Å². The Bertz CT molecular complexity index is 842. The first-order chi connectivity index (χ1) is 12.8. The van der Waals surface area contributed by atoms with E-state index in [0.717, 1.165) is 12.1 Å². The van der Waals surface area contributed by atoms with Gasteiger partial charge in [0, 0.05) is 32.0 Å². The van der Waals surface area contributed by atoms with Gasteiger partial charge in [-0.15, -0.1) is 0 Å². The lowest BCUT2D eigenvalue weighted by molar-refractivity contribution is -0.117. The number of hydrogen-bond acceptors (Lipinski definition) is 4. The molecule has 0 aromatic heterocycles. The Morgan fingerprint density at radius 3 is 2.41 bits per heavy atom. The second-order valence-corrected chi connectivity index (χ2v) is 5.63. The number of halogens is 2. The molecule has 144 valence electrons. The Morgan fingerprint density at radius 2 is 1.81 bits per heavy atom. The summed E-state index contributed by atoms with van der Waals surface area (Å²) >= 11 is 0.